The molecular formula is C27H46N2O3S. The van der Waals surface area contributed by atoms with Crippen molar-refractivity contribution >= 4 is 29.3 Å². The van der Waals surface area contributed by atoms with E-state index >= 15 is 0 Å². The predicted molar refractivity (Wildman–Crippen MR) is 141 cm³/mol. The number of hydrogen-bond acceptors (Lipinski definition) is 4. The lowest BCUT2D eigenvalue weighted by molar-refractivity contribution is -0.116. The van der Waals surface area contributed by atoms with Gasteiger partial charge >= 0.3 is 0 Å². The van der Waals surface area contributed by atoms with Crippen molar-refractivity contribution in [2.75, 3.05) is 31.8 Å². The zero-order chi connectivity index (χ0) is 24.2. The first-order valence-electron chi connectivity index (χ1n) is 12.9. The fourth-order valence-corrected chi connectivity index (χ4v) is 4.37. The highest BCUT2D eigenvalue weighted by molar-refractivity contribution is 7.98. The Morgan fingerprint density at radius 1 is 0.879 bits per heavy atom. The lowest BCUT2D eigenvalue weighted by Crippen LogP contribution is -2.27. The van der Waals surface area contributed by atoms with Gasteiger partial charge in [0.25, 0.3) is 5.91 Å². The van der Waals surface area contributed by atoms with Gasteiger partial charge in [0.05, 0.1) is 12.3 Å². The summed E-state index contributed by atoms with van der Waals surface area (Å²) in [5.41, 5.74) is 1.25. The number of amides is 2. The second-order valence-corrected chi connectivity index (χ2v) is 9.55. The Labute approximate surface area is 206 Å². The third kappa shape index (κ3) is 14.4. The summed E-state index contributed by atoms with van der Waals surface area (Å²) in [7, 11) is 1.60. The summed E-state index contributed by atoms with van der Waals surface area (Å²) >= 11 is 1.56. The number of hydrogen-bond donors (Lipinski definition) is 2. The molecule has 0 aliphatic heterocycles. The minimum absolute atomic E-state index is 0.0188. The quantitative estimate of drug-likeness (QED) is 0.153. The fourth-order valence-electron chi connectivity index (χ4n) is 3.83. The van der Waals surface area contributed by atoms with E-state index in [1.807, 2.05) is 12.3 Å². The van der Waals surface area contributed by atoms with Crippen LogP contribution in [0.4, 0.5) is 5.69 Å². The molecule has 0 spiro atoms. The third-order valence-electron chi connectivity index (χ3n) is 5.83. The van der Waals surface area contributed by atoms with Crippen molar-refractivity contribution in [2.45, 2.75) is 102 Å². The van der Waals surface area contributed by atoms with Crippen LogP contribution in [-0.2, 0) is 9.53 Å². The van der Waals surface area contributed by atoms with Crippen LogP contribution in [0.5, 0.6) is 0 Å². The van der Waals surface area contributed by atoms with E-state index in [-0.39, 0.29) is 11.8 Å². The van der Waals surface area contributed by atoms with E-state index in [4.69, 9.17) is 4.74 Å². The second-order valence-electron chi connectivity index (χ2n) is 8.70. The standard InChI is InChI=1S/C27H46N2O3S/c1-4-5-6-7-8-9-10-11-12-13-14-15-16-17-26(30)29-24-22-23(18-19-25(24)33-3)27(31)28-20-21-32-2/h18-19,22H,4-17,20-21H2,1-3H3,(H,28,31)(H,29,30). The van der Waals surface area contributed by atoms with Gasteiger partial charge in [0, 0.05) is 30.5 Å². The summed E-state index contributed by atoms with van der Waals surface area (Å²) in [5.74, 6) is -0.142. The van der Waals surface area contributed by atoms with Crippen LogP contribution < -0.4 is 10.6 Å². The second kappa shape index (κ2) is 19.9. The van der Waals surface area contributed by atoms with E-state index in [0.29, 0.717) is 30.8 Å². The van der Waals surface area contributed by atoms with Crippen molar-refractivity contribution in [1.29, 1.82) is 0 Å². The van der Waals surface area contributed by atoms with E-state index < -0.39 is 0 Å². The predicted octanol–water partition coefficient (Wildman–Crippen LogP) is 7.20. The number of rotatable bonds is 20. The number of methoxy groups -OCH3 is 1. The molecule has 0 unspecified atom stereocenters. The van der Waals surface area contributed by atoms with Gasteiger partial charge in [0.15, 0.2) is 0 Å². The van der Waals surface area contributed by atoms with Gasteiger partial charge in [-0.15, -0.1) is 11.8 Å². The molecule has 6 heteroatoms. The van der Waals surface area contributed by atoms with Crippen molar-refractivity contribution in [3.05, 3.63) is 23.8 Å². The highest BCUT2D eigenvalue weighted by Gasteiger charge is 2.11. The van der Waals surface area contributed by atoms with Gasteiger partial charge in [-0.05, 0) is 30.9 Å². The summed E-state index contributed by atoms with van der Waals surface area (Å²) in [6.07, 6.45) is 19.3. The lowest BCUT2D eigenvalue weighted by Gasteiger charge is -2.12. The van der Waals surface area contributed by atoms with Crippen LogP contribution >= 0.6 is 11.8 Å². The maximum absolute atomic E-state index is 12.4. The molecule has 0 aliphatic rings. The SMILES string of the molecule is CCCCCCCCCCCCCCCC(=O)Nc1cc(C(=O)NCCOC)ccc1SC. The highest BCUT2D eigenvalue weighted by atomic mass is 32.2. The van der Waals surface area contributed by atoms with Gasteiger partial charge < -0.3 is 15.4 Å². The van der Waals surface area contributed by atoms with Crippen LogP contribution in [0.25, 0.3) is 0 Å². The van der Waals surface area contributed by atoms with E-state index in [2.05, 4.69) is 17.6 Å². The van der Waals surface area contributed by atoms with Crippen LogP contribution in [0, 0.1) is 0 Å². The molecule has 1 aromatic carbocycles. The van der Waals surface area contributed by atoms with Crippen LogP contribution in [0.2, 0.25) is 0 Å². The molecule has 0 aromatic heterocycles. The fraction of sp³-hybridized carbons (Fsp3) is 0.704. The molecule has 0 bridgehead atoms. The first-order chi connectivity index (χ1) is 16.1. The molecule has 5 nitrogen and oxygen atoms in total. The average Bonchev–Trinajstić information content (AvgIpc) is 2.82. The Hall–Kier alpha value is -1.53. The normalized spacial score (nSPS) is 10.9. The monoisotopic (exact) mass is 478 g/mol. The highest BCUT2D eigenvalue weighted by Crippen LogP contribution is 2.27. The van der Waals surface area contributed by atoms with Crippen LogP contribution in [0.1, 0.15) is 107 Å². The number of nitrogens with one attached hydrogen (secondary N) is 2. The number of carbonyl (C=O) groups excluding carboxylic acids is 2. The molecule has 33 heavy (non-hydrogen) atoms. The van der Waals surface area contributed by atoms with E-state index in [0.717, 1.165) is 17.7 Å². The molecule has 188 valence electrons. The lowest BCUT2D eigenvalue weighted by atomic mass is 10.0. The van der Waals surface area contributed by atoms with Crippen molar-refractivity contribution < 1.29 is 14.3 Å². The minimum Gasteiger partial charge on any atom is -0.383 e. The van der Waals surface area contributed by atoms with Crippen LogP contribution in [-0.4, -0.2) is 38.3 Å². The van der Waals surface area contributed by atoms with E-state index in [9.17, 15) is 9.59 Å². The topological polar surface area (TPSA) is 67.4 Å². The van der Waals surface area contributed by atoms with Crippen LogP contribution in [0.3, 0.4) is 0 Å². The Kier molecular flexibility index (Phi) is 17.8. The van der Waals surface area contributed by atoms with Gasteiger partial charge in [-0.3, -0.25) is 9.59 Å². The third-order valence-corrected chi connectivity index (χ3v) is 6.63. The summed E-state index contributed by atoms with van der Waals surface area (Å²) < 4.78 is 4.96. The molecule has 0 atom stereocenters. The Morgan fingerprint density at radius 2 is 1.45 bits per heavy atom. The Morgan fingerprint density at radius 3 is 2.00 bits per heavy atom. The van der Waals surface area contributed by atoms with Gasteiger partial charge in [0.1, 0.15) is 0 Å². The van der Waals surface area contributed by atoms with E-state index in [1.54, 1.807) is 31.0 Å². The zero-order valence-corrected chi connectivity index (χ0v) is 22.0. The molecule has 0 saturated heterocycles. The van der Waals surface area contributed by atoms with Crippen molar-refractivity contribution in [1.82, 2.24) is 5.32 Å². The molecule has 0 radical (unpaired) electrons. The van der Waals surface area contributed by atoms with Gasteiger partial charge in [-0.25, -0.2) is 0 Å². The number of anilines is 1. The number of unbranched alkanes of at least 4 members (excludes halogenated alkanes) is 12. The molecule has 2 N–H and O–H groups in total. The molecule has 1 aromatic rings. The molecule has 0 aliphatic carbocycles. The van der Waals surface area contributed by atoms with Crippen LogP contribution in [0.15, 0.2) is 23.1 Å². The largest absolute Gasteiger partial charge is 0.383 e. The minimum atomic E-state index is -0.160. The number of thioether (sulfide) groups is 1. The molecule has 0 saturated carbocycles. The maximum atomic E-state index is 12.4. The summed E-state index contributed by atoms with van der Waals surface area (Å²) in [4.78, 5) is 25.7. The Bertz CT molecular complexity index is 667. The molecule has 2 amide bonds. The Balaban J connectivity index is 2.21. The van der Waals surface area contributed by atoms with Crippen molar-refractivity contribution in [2.24, 2.45) is 0 Å². The molecule has 0 fully saturated rings. The van der Waals surface area contributed by atoms with Gasteiger partial charge in [0.2, 0.25) is 5.91 Å². The average molecular weight is 479 g/mol. The van der Waals surface area contributed by atoms with E-state index in [1.165, 1.54) is 70.6 Å². The molecule has 1 rings (SSSR count). The van der Waals surface area contributed by atoms with Crippen molar-refractivity contribution in [3.8, 4) is 0 Å². The zero-order valence-electron chi connectivity index (χ0n) is 21.2. The van der Waals surface area contributed by atoms with Gasteiger partial charge in [-0.2, -0.15) is 0 Å². The summed E-state index contributed by atoms with van der Waals surface area (Å²) in [5, 5.41) is 5.82. The van der Waals surface area contributed by atoms with Gasteiger partial charge in [-0.1, -0.05) is 84.0 Å². The first-order valence-corrected chi connectivity index (χ1v) is 14.1. The number of benzene rings is 1. The molecule has 0 heterocycles. The first kappa shape index (κ1) is 29.5. The molecular weight excluding hydrogens is 432 g/mol. The summed E-state index contributed by atoms with van der Waals surface area (Å²) in [6, 6.07) is 5.43. The van der Waals surface area contributed by atoms with Crippen molar-refractivity contribution in [3.63, 3.8) is 0 Å². The number of ether oxygens (including phenoxy) is 1. The summed E-state index contributed by atoms with van der Waals surface area (Å²) in [6.45, 7) is 3.19. The maximum Gasteiger partial charge on any atom is 0.251 e. The smallest absolute Gasteiger partial charge is 0.251 e. The number of carbonyl (C=O) groups is 2.